The van der Waals surface area contributed by atoms with Crippen molar-refractivity contribution in [1.82, 2.24) is 25.6 Å². The lowest BCUT2D eigenvalue weighted by Crippen LogP contribution is -2.63. The number of esters is 1. The first kappa shape index (κ1) is 48.8. The Bertz CT molecular complexity index is 1780. The molecule has 3 aliphatic heterocycles. The number of benzene rings is 1. The summed E-state index contributed by atoms with van der Waals surface area (Å²) in [6.07, 6.45) is 1.75. The normalized spacial score (nSPS) is 36.8. The van der Waals surface area contributed by atoms with Crippen molar-refractivity contribution in [2.75, 3.05) is 34.3 Å². The Morgan fingerprint density at radius 1 is 1.03 bits per heavy atom. The van der Waals surface area contributed by atoms with Crippen LogP contribution >= 0.6 is 0 Å². The van der Waals surface area contributed by atoms with Crippen molar-refractivity contribution < 1.29 is 43.2 Å². The fourth-order valence-corrected chi connectivity index (χ4v) is 10.5. The second-order valence-electron chi connectivity index (χ2n) is 18.6. The van der Waals surface area contributed by atoms with Gasteiger partial charge >= 0.3 is 12.1 Å². The van der Waals surface area contributed by atoms with Gasteiger partial charge in [-0.2, -0.15) is 0 Å². The summed E-state index contributed by atoms with van der Waals surface area (Å²) in [4.78, 5) is 49.6. The number of cyclic esters (lactones) is 1. The number of ether oxygens (including phenoxy) is 5. The number of fused-ring (bicyclic) bond motifs is 2. The Balaban J connectivity index is 1.53. The van der Waals surface area contributed by atoms with Gasteiger partial charge in [-0.05, 0) is 116 Å². The Labute approximate surface area is 364 Å². The predicted molar refractivity (Wildman–Crippen MR) is 234 cm³/mol. The molecule has 1 amide bonds. The van der Waals surface area contributed by atoms with Gasteiger partial charge in [-0.25, -0.2) is 15.2 Å². The van der Waals surface area contributed by atoms with Crippen LogP contribution in [-0.4, -0.2) is 132 Å². The topological polar surface area (TPSA) is 161 Å². The van der Waals surface area contributed by atoms with Gasteiger partial charge in [0.1, 0.15) is 18.1 Å². The Morgan fingerprint density at radius 2 is 1.75 bits per heavy atom. The van der Waals surface area contributed by atoms with E-state index in [2.05, 4.69) is 49.5 Å². The predicted octanol–water partition coefficient (Wildman–Crippen LogP) is 6.07. The van der Waals surface area contributed by atoms with Crippen LogP contribution < -0.4 is 10.7 Å². The number of Topliss-reactive ketones (excluding diaryl/α,β-unsaturated/α-hetero) is 1. The molecule has 3 fully saturated rings. The zero-order valence-electron chi connectivity index (χ0n) is 38.8. The minimum Gasteiger partial charge on any atom is -0.457 e. The molecule has 14 atom stereocenters. The van der Waals surface area contributed by atoms with Gasteiger partial charge in [-0.1, -0.05) is 59.2 Å². The molecule has 0 bridgehead atoms. The first-order valence-electron chi connectivity index (χ1n) is 22.7. The average molecular weight is 854 g/mol. The molecule has 1 aromatic heterocycles. The molecule has 3 unspecified atom stereocenters. The van der Waals surface area contributed by atoms with Crippen LogP contribution in [0.1, 0.15) is 106 Å². The van der Waals surface area contributed by atoms with Crippen LogP contribution in [0.2, 0.25) is 0 Å². The minimum atomic E-state index is -1.27. The number of aryl methyl sites for hydroxylation is 1. The number of carbonyl (C=O) groups is 3. The molecule has 5 rings (SSSR count). The van der Waals surface area contributed by atoms with Crippen LogP contribution in [0, 0.1) is 23.7 Å². The summed E-state index contributed by atoms with van der Waals surface area (Å²) in [7, 11) is 5.43. The van der Waals surface area contributed by atoms with E-state index in [-0.39, 0.29) is 35.8 Å². The molecule has 1 aromatic carbocycles. The third-order valence-corrected chi connectivity index (χ3v) is 13.9. The number of aliphatic hydroxyl groups excluding tert-OH is 1. The highest BCUT2D eigenvalue weighted by molar-refractivity contribution is 6.00. The van der Waals surface area contributed by atoms with Gasteiger partial charge in [0.2, 0.25) is 0 Å². The number of para-hydroxylation sites is 1. The molecular weight excluding hydrogens is 779 g/mol. The van der Waals surface area contributed by atoms with Crippen molar-refractivity contribution in [3.8, 4) is 0 Å². The number of hydrogen-bond acceptors (Lipinski definition) is 13. The van der Waals surface area contributed by atoms with Crippen LogP contribution in [0.3, 0.4) is 0 Å². The van der Waals surface area contributed by atoms with E-state index in [1.54, 1.807) is 26.0 Å². The van der Waals surface area contributed by atoms with Crippen LogP contribution in [0.25, 0.3) is 10.9 Å². The molecule has 14 nitrogen and oxygen atoms in total. The van der Waals surface area contributed by atoms with Crippen molar-refractivity contribution in [3.63, 3.8) is 0 Å². The summed E-state index contributed by atoms with van der Waals surface area (Å²) in [6.45, 7) is 18.6. The number of methoxy groups -OCH3 is 1. The Kier molecular flexibility index (Phi) is 16.8. The number of hydrogen-bond donors (Lipinski definition) is 3. The van der Waals surface area contributed by atoms with Crippen molar-refractivity contribution in [3.05, 3.63) is 42.1 Å². The molecule has 0 spiro atoms. The Hall–Kier alpha value is -3.24. The number of nitrogens with zero attached hydrogens (tertiary/aromatic N) is 3. The molecular formula is C47H75N5O9. The molecule has 3 saturated heterocycles. The van der Waals surface area contributed by atoms with Crippen LogP contribution in [0.4, 0.5) is 4.79 Å². The van der Waals surface area contributed by atoms with E-state index in [0.717, 1.165) is 30.2 Å². The molecule has 3 N–H and O–H groups in total. The van der Waals surface area contributed by atoms with Gasteiger partial charge in [0.05, 0.1) is 29.4 Å². The van der Waals surface area contributed by atoms with E-state index in [1.165, 1.54) is 5.56 Å². The maximum atomic E-state index is 14.6. The summed E-state index contributed by atoms with van der Waals surface area (Å²) in [5.41, 5.74) is 3.21. The first-order chi connectivity index (χ1) is 28.9. The fourth-order valence-electron chi connectivity index (χ4n) is 10.5. The molecule has 342 valence electrons. The van der Waals surface area contributed by atoms with E-state index >= 15 is 0 Å². The van der Waals surface area contributed by atoms with E-state index in [1.807, 2.05) is 70.2 Å². The average Bonchev–Trinajstić information content (AvgIpc) is 3.50. The van der Waals surface area contributed by atoms with Gasteiger partial charge in [0.15, 0.2) is 17.7 Å². The molecule has 61 heavy (non-hydrogen) atoms. The highest BCUT2D eigenvalue weighted by Gasteiger charge is 2.61. The largest absolute Gasteiger partial charge is 0.457 e. The molecule has 2 aromatic rings. The van der Waals surface area contributed by atoms with Gasteiger partial charge in [0, 0.05) is 43.2 Å². The number of pyridine rings is 1. The highest BCUT2D eigenvalue weighted by atomic mass is 16.7. The number of amides is 1. The summed E-state index contributed by atoms with van der Waals surface area (Å²) < 4.78 is 32.3. The van der Waals surface area contributed by atoms with Gasteiger partial charge in [0.25, 0.3) is 0 Å². The zero-order chi connectivity index (χ0) is 44.8. The smallest absolute Gasteiger partial charge is 0.425 e. The lowest BCUT2D eigenvalue weighted by molar-refractivity contribution is -0.295. The Morgan fingerprint density at radius 3 is 2.43 bits per heavy atom. The lowest BCUT2D eigenvalue weighted by Gasteiger charge is -2.48. The summed E-state index contributed by atoms with van der Waals surface area (Å²) in [6, 6.07) is 9.08. The van der Waals surface area contributed by atoms with E-state index in [9.17, 15) is 19.5 Å². The molecule has 0 saturated carbocycles. The standard InChI is InChI=1S/C47H75N5O9/c1-13-15-22-37-47(9)41(52(45(56)61-47)50-24-18-19-33-23-25-49-35-21-17-16-20-34(33)35)30(5)38(48-14-2)28(3)27-46(8,57-12)42(31(6)39(53)32(7)43(55)59-37)60-44-40(54)36(51(10)11)26-29(4)58-44/h16-17,20-21,23,25,28-32,36-38,40-42,44,48,50,54H,13-15,18-19,22,24,26-27H2,1-12H3/t28-,29-,30-,31+,32-,36+,37+,38?,40-,41?,42-,44?,46+,47-/m1/s1. The SMILES string of the molecule is CCCC[C@@H]1OC(=O)[C@H](C)C(=O)[C@H](C)[C@@H](OC2O[C@H](C)C[C@H](N(C)C)[C@H]2O)[C@@](C)(OC)C[C@@H](C)C(NCC)[C@@H](C)C2N(NCCCc3ccnc4ccccc34)C(=O)O[C@@]21C. The quantitative estimate of drug-likeness (QED) is 0.114. The number of aromatic nitrogens is 1. The lowest BCUT2D eigenvalue weighted by atomic mass is 9.71. The van der Waals surface area contributed by atoms with Gasteiger partial charge < -0.3 is 39.0 Å². The maximum Gasteiger partial charge on any atom is 0.425 e. The monoisotopic (exact) mass is 854 g/mol. The van der Waals surface area contributed by atoms with Crippen LogP contribution in [0.5, 0.6) is 0 Å². The summed E-state index contributed by atoms with van der Waals surface area (Å²) >= 11 is 0. The van der Waals surface area contributed by atoms with Crippen LogP contribution in [-0.2, 0) is 39.7 Å². The molecule has 14 heteroatoms. The third kappa shape index (κ3) is 10.6. The molecule has 4 heterocycles. The number of likely N-dealkylation sites (N-methyl/N-ethyl adjacent to an activating group) is 1. The van der Waals surface area contributed by atoms with Crippen molar-refractivity contribution in [2.24, 2.45) is 23.7 Å². The maximum absolute atomic E-state index is 14.6. The summed E-state index contributed by atoms with van der Waals surface area (Å²) in [5, 5.41) is 18.1. The number of rotatable bonds is 14. The van der Waals surface area contributed by atoms with E-state index in [4.69, 9.17) is 23.7 Å². The van der Waals surface area contributed by atoms with Crippen LogP contribution in [0.15, 0.2) is 36.5 Å². The van der Waals surface area contributed by atoms with E-state index < -0.39 is 65.7 Å². The first-order valence-corrected chi connectivity index (χ1v) is 22.7. The highest BCUT2D eigenvalue weighted by Crippen LogP contribution is 2.44. The molecule has 0 aliphatic carbocycles. The van der Waals surface area contributed by atoms with Gasteiger partial charge in [-0.15, -0.1) is 0 Å². The number of nitrogens with one attached hydrogen (secondary N) is 2. The molecule has 3 aliphatic rings. The van der Waals surface area contributed by atoms with Gasteiger partial charge in [-0.3, -0.25) is 14.6 Å². The molecule has 0 radical (unpaired) electrons. The fraction of sp³-hybridized carbons (Fsp3) is 0.745. The second kappa shape index (κ2) is 21.0. The number of unbranched alkanes of at least 4 members (excludes halogenated alkanes) is 1. The van der Waals surface area contributed by atoms with E-state index in [0.29, 0.717) is 38.8 Å². The second-order valence-corrected chi connectivity index (χ2v) is 18.6. The minimum absolute atomic E-state index is 0.113. The third-order valence-electron chi connectivity index (χ3n) is 13.9. The number of aliphatic hydroxyl groups is 1. The number of ketones is 1. The van der Waals surface area contributed by atoms with Crippen molar-refractivity contribution in [2.45, 2.75) is 167 Å². The van der Waals surface area contributed by atoms with Crippen molar-refractivity contribution >= 4 is 28.7 Å². The van der Waals surface area contributed by atoms with Crippen molar-refractivity contribution in [1.29, 1.82) is 0 Å². The number of hydrazine groups is 1. The summed E-state index contributed by atoms with van der Waals surface area (Å²) in [5.74, 6) is -3.49. The zero-order valence-corrected chi connectivity index (χ0v) is 38.8. The number of carbonyl (C=O) groups excluding carboxylic acids is 3.